The van der Waals surface area contributed by atoms with Crippen molar-refractivity contribution in [2.24, 2.45) is 0 Å². The maximum absolute atomic E-state index is 11.6. The number of alkyl halides is 1. The van der Waals surface area contributed by atoms with Crippen LogP contribution in [0, 0.1) is 6.92 Å². The average Bonchev–Trinajstić information content (AvgIpc) is 2.61. The molecule has 0 saturated carbocycles. The lowest BCUT2D eigenvalue weighted by Gasteiger charge is -2.08. The molecule has 1 aromatic rings. The maximum atomic E-state index is 11.6. The summed E-state index contributed by atoms with van der Waals surface area (Å²) in [5, 5.41) is 2.53. The highest BCUT2D eigenvalue weighted by atomic mass is 35.5. The normalized spacial score (nSPS) is 12.5. The summed E-state index contributed by atoms with van der Waals surface area (Å²) in [5.41, 5.74) is 2.40. The van der Waals surface area contributed by atoms with Gasteiger partial charge in [0, 0.05) is 13.7 Å². The predicted molar refractivity (Wildman–Crippen MR) is 60.7 cm³/mol. The van der Waals surface area contributed by atoms with Crippen LogP contribution in [-0.2, 0) is 4.74 Å². The van der Waals surface area contributed by atoms with E-state index >= 15 is 0 Å². The Labute approximate surface area is 97.6 Å². The first kappa shape index (κ1) is 12.4. The molecule has 0 aliphatic rings. The Hall–Kier alpha value is -0.650. The van der Waals surface area contributed by atoms with Crippen LogP contribution in [0.15, 0.2) is 5.51 Å². The fourth-order valence-corrected chi connectivity index (χ4v) is 1.97. The van der Waals surface area contributed by atoms with Gasteiger partial charge in [-0.05, 0) is 6.92 Å². The molecule has 1 N–H and O–H groups in total. The zero-order valence-corrected chi connectivity index (χ0v) is 10.2. The van der Waals surface area contributed by atoms with Crippen LogP contribution in [0.1, 0.15) is 15.4 Å². The molecule has 1 aromatic heterocycles. The largest absolute Gasteiger partial charge is 0.383 e. The zero-order chi connectivity index (χ0) is 11.3. The second-order valence-corrected chi connectivity index (χ2v) is 4.50. The van der Waals surface area contributed by atoms with Crippen LogP contribution >= 0.6 is 22.9 Å². The molecule has 1 rings (SSSR count). The van der Waals surface area contributed by atoms with Crippen molar-refractivity contribution in [3.05, 3.63) is 16.1 Å². The first-order chi connectivity index (χ1) is 7.15. The van der Waals surface area contributed by atoms with Gasteiger partial charge >= 0.3 is 0 Å². The van der Waals surface area contributed by atoms with Crippen molar-refractivity contribution < 1.29 is 9.53 Å². The van der Waals surface area contributed by atoms with Crippen LogP contribution in [-0.4, -0.2) is 36.5 Å². The third kappa shape index (κ3) is 3.77. The number of carbonyl (C=O) groups is 1. The molecule has 0 fully saturated rings. The number of thiazole rings is 1. The minimum Gasteiger partial charge on any atom is -0.383 e. The van der Waals surface area contributed by atoms with Gasteiger partial charge in [0.15, 0.2) is 0 Å². The lowest BCUT2D eigenvalue weighted by atomic mass is 10.3. The highest BCUT2D eigenvalue weighted by molar-refractivity contribution is 7.11. The number of nitrogens with one attached hydrogen (secondary N) is 1. The average molecular weight is 249 g/mol. The number of nitrogens with zero attached hydrogens (tertiary/aromatic N) is 1. The summed E-state index contributed by atoms with van der Waals surface area (Å²) in [6.07, 6.45) is 0. The number of aromatic nitrogens is 1. The Balaban J connectivity index is 2.40. The second-order valence-electron chi connectivity index (χ2n) is 3.03. The molecule has 0 aromatic carbocycles. The highest BCUT2D eigenvalue weighted by Gasteiger charge is 2.12. The van der Waals surface area contributed by atoms with Crippen LogP contribution in [0.4, 0.5) is 0 Å². The maximum Gasteiger partial charge on any atom is 0.263 e. The molecule has 0 radical (unpaired) electrons. The summed E-state index contributed by atoms with van der Waals surface area (Å²) in [6, 6.07) is 0. The first-order valence-electron chi connectivity index (χ1n) is 4.46. The van der Waals surface area contributed by atoms with Gasteiger partial charge in [0.05, 0.1) is 23.2 Å². The summed E-state index contributed by atoms with van der Waals surface area (Å²) in [4.78, 5) is 16.2. The minimum absolute atomic E-state index is 0.128. The predicted octanol–water partition coefficient (Wildman–Crippen LogP) is 1.44. The molecule has 6 heteroatoms. The number of carbonyl (C=O) groups excluding carboxylic acids is 1. The van der Waals surface area contributed by atoms with E-state index in [0.29, 0.717) is 18.0 Å². The number of ether oxygens (including phenoxy) is 1. The Morgan fingerprint density at radius 3 is 3.07 bits per heavy atom. The van der Waals surface area contributed by atoms with Crippen molar-refractivity contribution >= 4 is 28.8 Å². The topological polar surface area (TPSA) is 51.2 Å². The molecule has 4 nitrogen and oxygen atoms in total. The summed E-state index contributed by atoms with van der Waals surface area (Å²) in [6.45, 7) is 2.62. The molecular weight excluding hydrogens is 236 g/mol. The lowest BCUT2D eigenvalue weighted by Crippen LogP contribution is -2.31. The molecule has 1 amide bonds. The summed E-state index contributed by atoms with van der Waals surface area (Å²) >= 11 is 7.20. The van der Waals surface area contributed by atoms with Gasteiger partial charge in [0.25, 0.3) is 5.91 Å². The van der Waals surface area contributed by atoms with Crippen molar-refractivity contribution in [3.8, 4) is 0 Å². The van der Waals surface area contributed by atoms with Gasteiger partial charge in [-0.1, -0.05) is 0 Å². The van der Waals surface area contributed by atoms with Crippen LogP contribution in [0.5, 0.6) is 0 Å². The van der Waals surface area contributed by atoms with E-state index < -0.39 is 0 Å². The van der Waals surface area contributed by atoms with Crippen molar-refractivity contribution in [3.63, 3.8) is 0 Å². The van der Waals surface area contributed by atoms with Gasteiger partial charge in [-0.15, -0.1) is 22.9 Å². The van der Waals surface area contributed by atoms with Crippen molar-refractivity contribution in [1.29, 1.82) is 0 Å². The summed E-state index contributed by atoms with van der Waals surface area (Å²) < 4.78 is 4.86. The van der Waals surface area contributed by atoms with Crippen LogP contribution in [0.2, 0.25) is 0 Å². The second kappa shape index (κ2) is 6.05. The molecule has 84 valence electrons. The van der Waals surface area contributed by atoms with E-state index in [-0.39, 0.29) is 11.3 Å². The molecule has 1 unspecified atom stereocenters. The van der Waals surface area contributed by atoms with Gasteiger partial charge in [0.1, 0.15) is 4.88 Å². The van der Waals surface area contributed by atoms with Gasteiger partial charge in [-0.2, -0.15) is 0 Å². The monoisotopic (exact) mass is 248 g/mol. The Morgan fingerprint density at radius 1 is 1.80 bits per heavy atom. The molecule has 0 saturated heterocycles. The van der Waals surface area contributed by atoms with E-state index in [4.69, 9.17) is 16.3 Å². The zero-order valence-electron chi connectivity index (χ0n) is 8.62. The van der Waals surface area contributed by atoms with E-state index in [1.165, 1.54) is 11.3 Å². The number of halogens is 1. The summed E-state index contributed by atoms with van der Waals surface area (Å²) in [7, 11) is 1.57. The van der Waals surface area contributed by atoms with Crippen molar-refractivity contribution in [2.75, 3.05) is 20.3 Å². The first-order valence-corrected chi connectivity index (χ1v) is 5.78. The van der Waals surface area contributed by atoms with E-state index in [9.17, 15) is 4.79 Å². The number of hydrogen-bond acceptors (Lipinski definition) is 4. The molecule has 15 heavy (non-hydrogen) atoms. The smallest absolute Gasteiger partial charge is 0.263 e. The number of methoxy groups -OCH3 is 1. The number of hydrogen-bond donors (Lipinski definition) is 1. The molecule has 1 heterocycles. The van der Waals surface area contributed by atoms with E-state index in [2.05, 4.69) is 10.3 Å². The Kier molecular flexibility index (Phi) is 5.01. The highest BCUT2D eigenvalue weighted by Crippen LogP contribution is 2.11. The van der Waals surface area contributed by atoms with E-state index in [0.717, 1.165) is 5.69 Å². The quantitative estimate of drug-likeness (QED) is 0.803. The number of amides is 1. The minimum atomic E-state index is -0.202. The van der Waals surface area contributed by atoms with Gasteiger partial charge in [-0.3, -0.25) is 4.79 Å². The van der Waals surface area contributed by atoms with Gasteiger partial charge in [-0.25, -0.2) is 4.98 Å². The Morgan fingerprint density at radius 2 is 2.53 bits per heavy atom. The third-order valence-corrected chi connectivity index (χ3v) is 2.99. The fourth-order valence-electron chi connectivity index (χ4n) is 1.04. The third-order valence-electron chi connectivity index (χ3n) is 1.78. The fraction of sp³-hybridized carbons (Fsp3) is 0.556. The molecule has 0 aliphatic heterocycles. The van der Waals surface area contributed by atoms with Crippen molar-refractivity contribution in [2.45, 2.75) is 12.3 Å². The molecular formula is C9H13ClN2O2S. The van der Waals surface area contributed by atoms with Crippen molar-refractivity contribution in [1.82, 2.24) is 10.3 Å². The molecule has 0 aliphatic carbocycles. The van der Waals surface area contributed by atoms with Gasteiger partial charge < -0.3 is 10.1 Å². The van der Waals surface area contributed by atoms with Crippen LogP contribution < -0.4 is 5.32 Å². The lowest BCUT2D eigenvalue weighted by molar-refractivity contribution is 0.0952. The number of rotatable bonds is 5. The molecule has 1 atom stereocenters. The SMILES string of the molecule is COCC(Cl)CNC(=O)c1scnc1C. The van der Waals surface area contributed by atoms with Gasteiger partial charge in [0.2, 0.25) is 0 Å². The molecule has 0 bridgehead atoms. The van der Waals surface area contributed by atoms with E-state index in [1.807, 2.05) is 0 Å². The summed E-state index contributed by atoms with van der Waals surface area (Å²) in [5.74, 6) is -0.128. The number of aryl methyl sites for hydroxylation is 1. The molecule has 0 spiro atoms. The van der Waals surface area contributed by atoms with Crippen LogP contribution in [0.3, 0.4) is 0 Å². The van der Waals surface area contributed by atoms with E-state index in [1.54, 1.807) is 19.5 Å². The Bertz CT molecular complexity index is 330. The van der Waals surface area contributed by atoms with Crippen LogP contribution in [0.25, 0.3) is 0 Å². The standard InChI is InChI=1S/C9H13ClN2O2S/c1-6-8(15-5-12-6)9(13)11-3-7(10)4-14-2/h5,7H,3-4H2,1-2H3,(H,11,13).